The Morgan fingerprint density at radius 2 is 0.809 bits per heavy atom. The molecule has 7 aromatic rings. The van der Waals surface area contributed by atoms with Crippen LogP contribution in [-0.4, -0.2) is 8.07 Å². The first-order valence-corrected chi connectivity index (χ1v) is 20.1. The molecule has 1 aliphatic heterocycles. The summed E-state index contributed by atoms with van der Waals surface area (Å²) in [6, 6.07) is 52.3. The van der Waals surface area contributed by atoms with E-state index < -0.39 is 8.07 Å². The molecule has 3 heterocycles. The minimum atomic E-state index is -2.89. The topological polar surface area (TPSA) is 0 Å². The molecule has 2 aromatic heterocycles. The largest absolute Gasteiger partial charge is 0.156 e. The summed E-state index contributed by atoms with van der Waals surface area (Å²) in [6.45, 7) is 12.3. The van der Waals surface area contributed by atoms with Gasteiger partial charge in [-0.25, -0.2) is 0 Å². The second-order valence-electron chi connectivity index (χ2n) is 13.7. The molecule has 0 unspecified atom stereocenters. The molecule has 0 saturated heterocycles. The van der Waals surface area contributed by atoms with E-state index in [9.17, 15) is 0 Å². The predicted octanol–water partition coefficient (Wildman–Crippen LogP) is 12.5. The number of hydrogen-bond acceptors (Lipinski definition) is 2. The summed E-state index contributed by atoms with van der Waals surface area (Å²) < 4.78 is 2.72. The fraction of sp³-hybridized carbons (Fsp3) is 0.136. The summed E-state index contributed by atoms with van der Waals surface area (Å²) in [6.07, 6.45) is 0. The van der Waals surface area contributed by atoms with Gasteiger partial charge in [0.1, 0.15) is 0 Å². The van der Waals surface area contributed by atoms with Crippen molar-refractivity contribution < 1.29 is 0 Å². The number of hydrogen-bond donors (Lipinski definition) is 0. The molecule has 0 spiro atoms. The summed E-state index contributed by atoms with van der Waals surface area (Å²) in [7, 11) is -2.89. The first kappa shape index (κ1) is 30.1. The molecule has 0 aliphatic carbocycles. The molecule has 0 saturated carbocycles. The highest BCUT2D eigenvalue weighted by Crippen LogP contribution is 2.65. The van der Waals surface area contributed by atoms with Gasteiger partial charge in [0, 0.05) is 19.2 Å². The third kappa shape index (κ3) is 4.52. The molecule has 0 bridgehead atoms. The smallest absolute Gasteiger partial charge is 0.140 e. The van der Waals surface area contributed by atoms with Crippen molar-refractivity contribution in [3.63, 3.8) is 0 Å². The van der Waals surface area contributed by atoms with Crippen LogP contribution in [0, 0.1) is 13.8 Å². The minimum absolute atomic E-state index is 0.0828. The molecule has 0 radical (unpaired) electrons. The van der Waals surface area contributed by atoms with E-state index in [-0.39, 0.29) is 5.04 Å². The van der Waals surface area contributed by atoms with Gasteiger partial charge in [0.2, 0.25) is 0 Å². The minimum Gasteiger partial charge on any atom is -0.140 e. The van der Waals surface area contributed by atoms with Gasteiger partial charge in [0.25, 0.3) is 0 Å². The molecule has 230 valence electrons. The lowest BCUT2D eigenvalue weighted by Crippen LogP contribution is -2.56. The lowest BCUT2D eigenvalue weighted by atomic mass is 9.88. The summed E-state index contributed by atoms with van der Waals surface area (Å²) in [5, 5.41) is 7.25. The highest BCUT2D eigenvalue weighted by Gasteiger charge is 2.59. The molecule has 0 atom stereocenters. The molecule has 0 nitrogen and oxygen atoms in total. The van der Waals surface area contributed by atoms with Crippen molar-refractivity contribution >= 4 is 77.6 Å². The van der Waals surface area contributed by atoms with Crippen LogP contribution < -0.4 is 5.19 Å². The van der Waals surface area contributed by atoms with Crippen LogP contribution in [0.1, 0.15) is 52.8 Å². The van der Waals surface area contributed by atoms with Crippen LogP contribution in [0.3, 0.4) is 0 Å². The van der Waals surface area contributed by atoms with E-state index in [1.54, 1.807) is 10.4 Å². The lowest BCUT2D eigenvalue weighted by molar-refractivity contribution is 0.741. The van der Waals surface area contributed by atoms with Gasteiger partial charge in [-0.15, -0.1) is 22.7 Å². The van der Waals surface area contributed by atoms with Gasteiger partial charge in [-0.3, -0.25) is 0 Å². The Labute approximate surface area is 287 Å². The zero-order valence-electron chi connectivity index (χ0n) is 27.6. The van der Waals surface area contributed by atoms with Gasteiger partial charge in [0.15, 0.2) is 8.07 Å². The Hall–Kier alpha value is -4.28. The molecule has 8 rings (SSSR count). The van der Waals surface area contributed by atoms with Gasteiger partial charge < -0.3 is 0 Å². The van der Waals surface area contributed by atoms with Gasteiger partial charge in [-0.2, -0.15) is 0 Å². The SMILES string of the molecule is Cc1sc2ccccc2c1C1=C(c2ccccc2)C(c2ccccc2)=C(c2c(C)sc3ccccc23)[Si]1(c1ccccc1)C(C)(C)C. The van der Waals surface area contributed by atoms with E-state index in [1.807, 2.05) is 22.7 Å². The molecule has 0 N–H and O–H groups in total. The van der Waals surface area contributed by atoms with Crippen LogP contribution in [0.25, 0.3) is 41.7 Å². The first-order chi connectivity index (χ1) is 22.8. The molecular weight excluding hydrogens is 621 g/mol. The molecular formula is C44H38S2Si. The van der Waals surface area contributed by atoms with Crippen LogP contribution in [0.2, 0.25) is 5.04 Å². The fourth-order valence-electron chi connectivity index (χ4n) is 8.28. The Balaban J connectivity index is 1.70. The van der Waals surface area contributed by atoms with E-state index in [1.165, 1.54) is 68.5 Å². The Kier molecular flexibility index (Phi) is 7.33. The average molecular weight is 659 g/mol. The van der Waals surface area contributed by atoms with Crippen LogP contribution in [-0.2, 0) is 0 Å². The van der Waals surface area contributed by atoms with Gasteiger partial charge in [-0.1, -0.05) is 148 Å². The molecule has 1 aliphatic rings. The van der Waals surface area contributed by atoms with E-state index in [2.05, 4.69) is 174 Å². The monoisotopic (exact) mass is 658 g/mol. The maximum atomic E-state index is 2.52. The average Bonchev–Trinajstić information content (AvgIpc) is 3.71. The molecule has 0 fully saturated rings. The quantitative estimate of drug-likeness (QED) is 0.161. The van der Waals surface area contributed by atoms with Crippen molar-refractivity contribution in [3.05, 3.63) is 172 Å². The van der Waals surface area contributed by atoms with Crippen LogP contribution in [0.5, 0.6) is 0 Å². The van der Waals surface area contributed by atoms with Gasteiger partial charge in [-0.05, 0) is 90.8 Å². The molecule has 47 heavy (non-hydrogen) atoms. The van der Waals surface area contributed by atoms with Crippen molar-refractivity contribution in [2.75, 3.05) is 0 Å². The third-order valence-electron chi connectivity index (χ3n) is 10.00. The van der Waals surface area contributed by atoms with E-state index in [4.69, 9.17) is 0 Å². The first-order valence-electron chi connectivity index (χ1n) is 16.5. The van der Waals surface area contributed by atoms with Crippen molar-refractivity contribution in [1.82, 2.24) is 0 Å². The Morgan fingerprint density at radius 1 is 0.447 bits per heavy atom. The summed E-state index contributed by atoms with van der Waals surface area (Å²) in [5.74, 6) is 0. The third-order valence-corrected chi connectivity index (χ3v) is 18.1. The maximum Gasteiger partial charge on any atom is 0.156 e. The normalized spacial score (nSPS) is 14.9. The lowest BCUT2D eigenvalue weighted by Gasteiger charge is -2.46. The number of aryl methyl sites for hydroxylation is 2. The number of fused-ring (bicyclic) bond motifs is 2. The zero-order chi connectivity index (χ0) is 32.3. The van der Waals surface area contributed by atoms with Crippen molar-refractivity contribution in [2.45, 2.75) is 39.7 Å². The summed E-state index contributed by atoms with van der Waals surface area (Å²) in [4.78, 5) is 2.79. The van der Waals surface area contributed by atoms with E-state index in [0.717, 1.165) is 0 Å². The molecule has 5 aromatic carbocycles. The molecule has 3 heteroatoms. The van der Waals surface area contributed by atoms with E-state index >= 15 is 0 Å². The van der Waals surface area contributed by atoms with Crippen LogP contribution in [0.15, 0.2) is 140 Å². The standard InChI is InChI=1S/C44H38S2Si/c1-29-38(34-25-15-17-27-36(34)45-29)42-40(31-19-9-6-10-20-31)41(32-21-11-7-12-22-32)43(39-30(2)46-37-28-18-16-26-35(37)39)47(42,44(3,4)5)33-23-13-8-14-24-33/h6-28H,1-5H3. The van der Waals surface area contributed by atoms with Crippen molar-refractivity contribution in [1.29, 1.82) is 0 Å². The van der Waals surface area contributed by atoms with Crippen LogP contribution in [0.4, 0.5) is 0 Å². The van der Waals surface area contributed by atoms with Gasteiger partial charge in [0.05, 0.1) is 0 Å². The summed E-state index contributed by atoms with van der Waals surface area (Å²) in [5.41, 5.74) is 8.27. The second kappa shape index (κ2) is 11.5. The molecule has 0 amide bonds. The zero-order valence-corrected chi connectivity index (χ0v) is 30.2. The van der Waals surface area contributed by atoms with E-state index in [0.29, 0.717) is 0 Å². The Morgan fingerprint density at radius 3 is 1.21 bits per heavy atom. The highest BCUT2D eigenvalue weighted by molar-refractivity contribution is 7.26. The number of allylic oxidation sites excluding steroid dienone is 2. The highest BCUT2D eigenvalue weighted by atomic mass is 32.1. The number of thiophene rings is 2. The van der Waals surface area contributed by atoms with Crippen molar-refractivity contribution in [3.8, 4) is 0 Å². The van der Waals surface area contributed by atoms with Crippen LogP contribution >= 0.6 is 22.7 Å². The fourth-order valence-corrected chi connectivity index (χ4v) is 17.2. The number of benzene rings is 5. The maximum absolute atomic E-state index is 2.89. The number of rotatable bonds is 5. The Bertz CT molecular complexity index is 2190. The summed E-state index contributed by atoms with van der Waals surface area (Å²) >= 11 is 3.88. The van der Waals surface area contributed by atoms with Crippen molar-refractivity contribution in [2.24, 2.45) is 0 Å². The second-order valence-corrected chi connectivity index (χ2v) is 20.7. The predicted molar refractivity (Wildman–Crippen MR) is 211 cm³/mol. The van der Waals surface area contributed by atoms with Gasteiger partial charge >= 0.3 is 0 Å².